The van der Waals surface area contributed by atoms with Crippen molar-refractivity contribution in [1.29, 1.82) is 0 Å². The Morgan fingerprint density at radius 1 is 0.969 bits per heavy atom. The van der Waals surface area contributed by atoms with Crippen LogP contribution in [0.1, 0.15) is 37.7 Å². The summed E-state index contributed by atoms with van der Waals surface area (Å²) >= 11 is 0. The van der Waals surface area contributed by atoms with Crippen LogP contribution in [0.4, 0.5) is 0 Å². The van der Waals surface area contributed by atoms with Crippen molar-refractivity contribution >= 4 is 17.8 Å². The molecule has 4 rings (SSSR count). The van der Waals surface area contributed by atoms with Gasteiger partial charge < -0.3 is 20.4 Å². The molecule has 0 radical (unpaired) electrons. The summed E-state index contributed by atoms with van der Waals surface area (Å²) in [5.74, 6) is -2.88. The number of aliphatic hydroxyl groups is 1. The lowest BCUT2D eigenvalue weighted by Gasteiger charge is -2.45. The van der Waals surface area contributed by atoms with E-state index in [1.807, 2.05) is 54.6 Å². The minimum Gasteiger partial charge on any atom is -0.511 e. The lowest BCUT2D eigenvalue weighted by Crippen LogP contribution is -2.55. The first-order valence-electron chi connectivity index (χ1n) is 10.8. The molecule has 1 aliphatic heterocycles. The zero-order valence-electron chi connectivity index (χ0n) is 17.7. The van der Waals surface area contributed by atoms with Crippen molar-refractivity contribution in [2.45, 2.75) is 44.2 Å². The van der Waals surface area contributed by atoms with Crippen molar-refractivity contribution in [3.8, 4) is 11.1 Å². The molecule has 7 heteroatoms. The highest BCUT2D eigenvalue weighted by atomic mass is 16.4. The Balaban J connectivity index is 1.60. The van der Waals surface area contributed by atoms with Crippen LogP contribution in [-0.4, -0.2) is 45.0 Å². The molecule has 1 aliphatic carbocycles. The second-order valence-corrected chi connectivity index (χ2v) is 8.46. The summed E-state index contributed by atoms with van der Waals surface area (Å²) in [7, 11) is 0. The van der Waals surface area contributed by atoms with Gasteiger partial charge in [0.05, 0.1) is 5.54 Å². The minimum absolute atomic E-state index is 0.205. The van der Waals surface area contributed by atoms with Crippen LogP contribution in [0.25, 0.3) is 11.1 Å². The van der Waals surface area contributed by atoms with Gasteiger partial charge in [-0.25, -0.2) is 0 Å². The van der Waals surface area contributed by atoms with Gasteiger partial charge in [0.1, 0.15) is 17.9 Å². The summed E-state index contributed by atoms with van der Waals surface area (Å²) in [5.41, 5.74) is 2.23. The fourth-order valence-electron chi connectivity index (χ4n) is 4.78. The zero-order valence-corrected chi connectivity index (χ0v) is 17.7. The molecule has 1 spiro atoms. The highest BCUT2D eigenvalue weighted by Gasteiger charge is 2.49. The number of nitrogens with zero attached hydrogens (tertiary/aromatic N) is 1. The predicted octanol–water partition coefficient (Wildman–Crippen LogP) is 3.41. The highest BCUT2D eigenvalue weighted by molar-refractivity contribution is 6.19. The van der Waals surface area contributed by atoms with Crippen molar-refractivity contribution in [2.75, 3.05) is 6.54 Å². The summed E-state index contributed by atoms with van der Waals surface area (Å²) in [6.45, 7) is -0.300. The molecule has 7 nitrogen and oxygen atoms in total. The number of hydrogen-bond donors (Lipinski definition) is 3. The van der Waals surface area contributed by atoms with Gasteiger partial charge in [-0.2, -0.15) is 0 Å². The van der Waals surface area contributed by atoms with Crippen LogP contribution in [0.15, 0.2) is 65.9 Å². The van der Waals surface area contributed by atoms with Crippen LogP contribution in [0.5, 0.6) is 0 Å². The number of amides is 2. The number of rotatable bonds is 6. The fraction of sp³-hybridized carbons (Fsp3) is 0.320. The topological polar surface area (TPSA) is 107 Å². The van der Waals surface area contributed by atoms with E-state index < -0.39 is 29.9 Å². The van der Waals surface area contributed by atoms with E-state index in [-0.39, 0.29) is 17.8 Å². The molecule has 0 atom stereocenters. The van der Waals surface area contributed by atoms with Gasteiger partial charge in [-0.1, -0.05) is 67.4 Å². The summed E-state index contributed by atoms with van der Waals surface area (Å²) in [6.07, 6.45) is 3.62. The molecule has 0 unspecified atom stereocenters. The molecule has 1 fully saturated rings. The molecule has 2 aromatic carbocycles. The van der Waals surface area contributed by atoms with E-state index >= 15 is 0 Å². The number of carboxylic acids is 1. The summed E-state index contributed by atoms with van der Waals surface area (Å²) in [5, 5.41) is 21.6. The first-order chi connectivity index (χ1) is 15.4. The van der Waals surface area contributed by atoms with E-state index in [0.29, 0.717) is 6.54 Å². The van der Waals surface area contributed by atoms with Gasteiger partial charge in [-0.15, -0.1) is 0 Å². The van der Waals surface area contributed by atoms with Crippen LogP contribution >= 0.6 is 0 Å². The van der Waals surface area contributed by atoms with Crippen LogP contribution in [0.2, 0.25) is 0 Å². The van der Waals surface area contributed by atoms with E-state index in [1.54, 1.807) is 4.90 Å². The molecular weight excluding hydrogens is 408 g/mol. The van der Waals surface area contributed by atoms with Crippen molar-refractivity contribution < 1.29 is 24.6 Å². The zero-order chi connectivity index (χ0) is 22.7. The number of nitrogens with one attached hydrogen (secondary N) is 1. The van der Waals surface area contributed by atoms with Crippen molar-refractivity contribution in [3.63, 3.8) is 0 Å². The number of carboxylic acid groups (broad SMARTS) is 1. The van der Waals surface area contributed by atoms with Gasteiger partial charge in [0, 0.05) is 13.0 Å². The summed E-state index contributed by atoms with van der Waals surface area (Å²) < 4.78 is 0. The largest absolute Gasteiger partial charge is 0.511 e. The van der Waals surface area contributed by atoms with Crippen molar-refractivity contribution in [2.24, 2.45) is 0 Å². The van der Waals surface area contributed by atoms with Crippen LogP contribution in [0, 0.1) is 0 Å². The molecule has 2 aliphatic rings. The van der Waals surface area contributed by atoms with Gasteiger partial charge in [0.25, 0.3) is 11.8 Å². The molecular formula is C25H26N2O5. The predicted molar refractivity (Wildman–Crippen MR) is 119 cm³/mol. The third-order valence-electron chi connectivity index (χ3n) is 6.38. The molecule has 3 N–H and O–H groups in total. The van der Waals surface area contributed by atoms with E-state index in [1.165, 1.54) is 0 Å². The number of hydrogen-bond acceptors (Lipinski definition) is 4. The van der Waals surface area contributed by atoms with E-state index in [2.05, 4.69) is 5.32 Å². The normalized spacial score (nSPS) is 17.6. The lowest BCUT2D eigenvalue weighted by molar-refractivity contribution is -0.141. The first-order valence-corrected chi connectivity index (χ1v) is 10.8. The van der Waals surface area contributed by atoms with Crippen LogP contribution in [0.3, 0.4) is 0 Å². The van der Waals surface area contributed by atoms with E-state index in [4.69, 9.17) is 5.11 Å². The van der Waals surface area contributed by atoms with Crippen molar-refractivity contribution in [3.05, 3.63) is 71.5 Å². The molecule has 2 aromatic rings. The fourth-order valence-corrected chi connectivity index (χ4v) is 4.78. The summed E-state index contributed by atoms with van der Waals surface area (Å²) in [6, 6.07) is 18.0. The Labute approximate surface area is 186 Å². The molecule has 1 saturated carbocycles. The van der Waals surface area contributed by atoms with Gasteiger partial charge in [-0.3, -0.25) is 14.4 Å². The number of carbonyl (C=O) groups excluding carboxylic acids is 2. The van der Waals surface area contributed by atoms with Crippen molar-refractivity contribution in [1.82, 2.24) is 10.2 Å². The van der Waals surface area contributed by atoms with Gasteiger partial charge in [0.15, 0.2) is 0 Å². The smallest absolute Gasteiger partial charge is 0.322 e. The van der Waals surface area contributed by atoms with Gasteiger partial charge in [-0.05, 0) is 29.5 Å². The molecule has 2 amide bonds. The Bertz CT molecular complexity index is 1050. The molecule has 166 valence electrons. The van der Waals surface area contributed by atoms with Crippen LogP contribution in [-0.2, 0) is 20.9 Å². The van der Waals surface area contributed by atoms with E-state index in [9.17, 15) is 19.5 Å². The lowest BCUT2D eigenvalue weighted by atomic mass is 9.83. The number of aliphatic hydroxyl groups excluding tert-OH is 1. The quantitative estimate of drug-likeness (QED) is 0.604. The first kappa shape index (κ1) is 21.6. The third-order valence-corrected chi connectivity index (χ3v) is 6.38. The summed E-state index contributed by atoms with van der Waals surface area (Å²) in [4.78, 5) is 38.4. The highest BCUT2D eigenvalue weighted by Crippen LogP contribution is 2.44. The maximum Gasteiger partial charge on any atom is 0.322 e. The molecule has 1 heterocycles. The third kappa shape index (κ3) is 4.23. The average Bonchev–Trinajstić information content (AvgIpc) is 3.25. The average molecular weight is 434 g/mol. The maximum atomic E-state index is 13.4. The Hall–Kier alpha value is -3.61. The number of benzene rings is 2. The maximum absolute atomic E-state index is 13.4. The van der Waals surface area contributed by atoms with Gasteiger partial charge >= 0.3 is 5.97 Å². The standard InChI is InChI=1S/C25H26N2O5/c28-20-14-25(12-4-5-13-25)27(24(32)22(20)23(31)26-15-21(29)30)16-17-8-10-19(11-9-17)18-6-2-1-3-7-18/h1-3,6-11,28H,4-5,12-16H2,(H,26,31)(H,29,30). The monoisotopic (exact) mass is 434 g/mol. The Morgan fingerprint density at radius 3 is 2.22 bits per heavy atom. The number of carbonyl (C=O) groups is 3. The molecule has 32 heavy (non-hydrogen) atoms. The van der Waals surface area contributed by atoms with Gasteiger partial charge in [0.2, 0.25) is 0 Å². The second-order valence-electron chi connectivity index (χ2n) is 8.46. The molecule has 0 bridgehead atoms. The Morgan fingerprint density at radius 2 is 1.59 bits per heavy atom. The molecule has 0 saturated heterocycles. The minimum atomic E-state index is -1.22. The molecule has 0 aromatic heterocycles. The second kappa shape index (κ2) is 8.86. The van der Waals surface area contributed by atoms with Crippen LogP contribution < -0.4 is 5.32 Å². The SMILES string of the molecule is O=C(O)CNC(=O)C1=C(O)CC2(CCCC2)N(Cc2ccc(-c3ccccc3)cc2)C1=O. The Kier molecular flexibility index (Phi) is 5.99. The number of aliphatic carboxylic acids is 1. The van der Waals surface area contributed by atoms with E-state index in [0.717, 1.165) is 42.4 Å².